The minimum Gasteiger partial charge on any atom is -0.349 e. The zero-order valence-corrected chi connectivity index (χ0v) is 15.7. The van der Waals surface area contributed by atoms with Gasteiger partial charge in [0, 0.05) is 29.4 Å². The highest BCUT2D eigenvalue weighted by atomic mass is 35.5. The monoisotopic (exact) mass is 364 g/mol. The molecule has 0 amide bonds. The number of halogens is 1. The Morgan fingerprint density at radius 1 is 1.04 bits per heavy atom. The number of nitrogens with zero attached hydrogens (tertiary/aromatic N) is 3. The molecule has 26 heavy (non-hydrogen) atoms. The molecule has 132 valence electrons. The van der Waals surface area contributed by atoms with Crippen LogP contribution in [0.1, 0.15) is 23.9 Å². The fraction of sp³-hybridized carbons (Fsp3) is 0.238. The van der Waals surface area contributed by atoms with E-state index in [1.807, 2.05) is 37.3 Å². The molecule has 3 aromatic rings. The van der Waals surface area contributed by atoms with Crippen LogP contribution in [0.25, 0.3) is 0 Å². The second kappa shape index (κ2) is 6.96. The highest BCUT2D eigenvalue weighted by molar-refractivity contribution is 6.30. The van der Waals surface area contributed by atoms with Crippen molar-refractivity contribution in [2.75, 3.05) is 10.2 Å². The van der Waals surface area contributed by atoms with Crippen molar-refractivity contribution in [2.24, 2.45) is 0 Å². The zero-order chi connectivity index (χ0) is 18.1. The van der Waals surface area contributed by atoms with Gasteiger partial charge in [0.25, 0.3) is 0 Å². The van der Waals surface area contributed by atoms with Crippen molar-refractivity contribution in [2.45, 2.75) is 32.9 Å². The third kappa shape index (κ3) is 3.51. The topological polar surface area (TPSA) is 41.1 Å². The molecular weight excluding hydrogens is 344 g/mol. The molecule has 4 rings (SSSR count). The molecule has 1 N–H and O–H groups in total. The van der Waals surface area contributed by atoms with E-state index >= 15 is 0 Å². The minimum atomic E-state index is 0.387. The van der Waals surface area contributed by atoms with Crippen LogP contribution in [0.5, 0.6) is 0 Å². The van der Waals surface area contributed by atoms with Crippen LogP contribution >= 0.6 is 11.6 Å². The highest BCUT2D eigenvalue weighted by Gasteiger charge is 2.24. The number of anilines is 3. The lowest BCUT2D eigenvalue weighted by Crippen LogP contribution is -2.39. The summed E-state index contributed by atoms with van der Waals surface area (Å²) in [6.45, 7) is 5.04. The first-order valence-electron chi connectivity index (χ1n) is 8.80. The van der Waals surface area contributed by atoms with E-state index < -0.39 is 0 Å². The Morgan fingerprint density at radius 3 is 2.65 bits per heavy atom. The van der Waals surface area contributed by atoms with Gasteiger partial charge in [-0.15, -0.1) is 0 Å². The van der Waals surface area contributed by atoms with Crippen LogP contribution in [0.15, 0.2) is 54.6 Å². The first-order chi connectivity index (χ1) is 12.6. The molecule has 4 nitrogen and oxygen atoms in total. The average molecular weight is 365 g/mol. The third-order valence-electron chi connectivity index (χ3n) is 4.72. The van der Waals surface area contributed by atoms with E-state index in [9.17, 15) is 0 Å². The molecule has 0 fully saturated rings. The lowest BCUT2D eigenvalue weighted by Gasteiger charge is -2.36. The Labute approximate surface area is 158 Å². The average Bonchev–Trinajstić information content (AvgIpc) is 2.60. The Hall–Kier alpha value is -2.59. The molecule has 0 aliphatic carbocycles. The summed E-state index contributed by atoms with van der Waals surface area (Å²) in [6, 6.07) is 18.7. The van der Waals surface area contributed by atoms with Gasteiger partial charge in [-0.1, -0.05) is 41.9 Å². The predicted octanol–water partition coefficient (Wildman–Crippen LogP) is 5.13. The number of nitrogens with one attached hydrogen (secondary N) is 1. The Kier molecular flexibility index (Phi) is 4.51. The number of rotatable bonds is 3. The van der Waals surface area contributed by atoms with Crippen LogP contribution in [0, 0.1) is 6.92 Å². The molecule has 2 aromatic carbocycles. The number of hydrogen-bond acceptors (Lipinski definition) is 4. The normalized spacial score (nSPS) is 16.3. The summed E-state index contributed by atoms with van der Waals surface area (Å²) in [7, 11) is 0. The minimum absolute atomic E-state index is 0.387. The van der Waals surface area contributed by atoms with Crippen molar-refractivity contribution in [3.8, 4) is 0 Å². The molecule has 1 aliphatic heterocycles. The summed E-state index contributed by atoms with van der Waals surface area (Å²) in [4.78, 5) is 11.6. The molecule has 5 heteroatoms. The zero-order valence-electron chi connectivity index (χ0n) is 14.9. The molecule has 0 bridgehead atoms. The largest absolute Gasteiger partial charge is 0.349 e. The summed E-state index contributed by atoms with van der Waals surface area (Å²) in [6.07, 6.45) is 1.02. The van der Waals surface area contributed by atoms with E-state index in [-0.39, 0.29) is 0 Å². The van der Waals surface area contributed by atoms with Gasteiger partial charge in [-0.25, -0.2) is 9.97 Å². The number of benzene rings is 2. The van der Waals surface area contributed by atoms with Crippen molar-refractivity contribution in [1.82, 2.24) is 9.97 Å². The number of aryl methyl sites for hydroxylation is 1. The molecule has 0 radical (unpaired) electrons. The Morgan fingerprint density at radius 2 is 1.85 bits per heavy atom. The lowest BCUT2D eigenvalue weighted by atomic mass is 9.95. The predicted molar refractivity (Wildman–Crippen MR) is 107 cm³/mol. The van der Waals surface area contributed by atoms with E-state index in [1.54, 1.807) is 0 Å². The summed E-state index contributed by atoms with van der Waals surface area (Å²) in [5.41, 5.74) is 3.71. The molecule has 1 aromatic heterocycles. The smallest absolute Gasteiger partial charge is 0.136 e. The van der Waals surface area contributed by atoms with Gasteiger partial charge in [0.1, 0.15) is 17.5 Å². The van der Waals surface area contributed by atoms with Crippen LogP contribution in [-0.4, -0.2) is 16.0 Å². The number of aromatic nitrogens is 2. The van der Waals surface area contributed by atoms with Gasteiger partial charge < -0.3 is 10.2 Å². The van der Waals surface area contributed by atoms with Crippen LogP contribution in [0.3, 0.4) is 0 Å². The molecular formula is C21H21ClN4. The van der Waals surface area contributed by atoms with Gasteiger partial charge in [0.2, 0.25) is 0 Å². The van der Waals surface area contributed by atoms with Crippen LogP contribution in [0.2, 0.25) is 5.02 Å². The van der Waals surface area contributed by atoms with E-state index in [4.69, 9.17) is 11.6 Å². The first-order valence-corrected chi connectivity index (χ1v) is 9.18. The molecule has 0 unspecified atom stereocenters. The SMILES string of the molecule is Cc1nc(Nc2cccc(Cl)c2)cc(N2Cc3ccccc3C[C@H]2C)n1. The van der Waals surface area contributed by atoms with Gasteiger partial charge in [-0.05, 0) is 49.6 Å². The molecule has 2 heterocycles. The van der Waals surface area contributed by atoms with Crippen molar-refractivity contribution in [3.05, 3.63) is 76.6 Å². The van der Waals surface area contributed by atoms with Crippen LogP contribution in [0.4, 0.5) is 17.3 Å². The van der Waals surface area contributed by atoms with Crippen LogP contribution < -0.4 is 10.2 Å². The Balaban J connectivity index is 1.64. The van der Waals surface area contributed by atoms with E-state index in [2.05, 4.69) is 51.4 Å². The van der Waals surface area contributed by atoms with Crippen molar-refractivity contribution < 1.29 is 0 Å². The second-order valence-corrected chi connectivity index (χ2v) is 7.18. The molecule has 0 saturated heterocycles. The van der Waals surface area contributed by atoms with Crippen molar-refractivity contribution in [1.29, 1.82) is 0 Å². The standard InChI is InChI=1S/C21H21ClN4/c1-14-10-16-6-3-4-7-17(16)13-26(14)21-12-20(23-15(2)24-21)25-19-9-5-8-18(22)11-19/h3-9,11-12,14H,10,13H2,1-2H3,(H,23,24,25)/t14-/m1/s1. The van der Waals surface area contributed by atoms with E-state index in [1.165, 1.54) is 11.1 Å². The fourth-order valence-electron chi connectivity index (χ4n) is 3.46. The lowest BCUT2D eigenvalue weighted by molar-refractivity contribution is 0.586. The van der Waals surface area contributed by atoms with Gasteiger partial charge >= 0.3 is 0 Å². The quantitative estimate of drug-likeness (QED) is 0.699. The maximum atomic E-state index is 6.08. The van der Waals surface area contributed by atoms with Gasteiger partial charge in [0.15, 0.2) is 0 Å². The summed E-state index contributed by atoms with van der Waals surface area (Å²) in [5.74, 6) is 2.47. The van der Waals surface area contributed by atoms with Gasteiger partial charge in [-0.3, -0.25) is 0 Å². The van der Waals surface area contributed by atoms with Gasteiger partial charge in [0.05, 0.1) is 0 Å². The first kappa shape index (κ1) is 16.9. The van der Waals surface area contributed by atoms with E-state index in [0.29, 0.717) is 11.1 Å². The summed E-state index contributed by atoms with van der Waals surface area (Å²) >= 11 is 6.08. The van der Waals surface area contributed by atoms with Gasteiger partial charge in [-0.2, -0.15) is 0 Å². The summed E-state index contributed by atoms with van der Waals surface area (Å²) in [5, 5.41) is 4.03. The van der Waals surface area contributed by atoms with E-state index in [0.717, 1.165) is 36.1 Å². The molecule has 0 spiro atoms. The summed E-state index contributed by atoms with van der Waals surface area (Å²) < 4.78 is 0. The number of hydrogen-bond donors (Lipinski definition) is 1. The van der Waals surface area contributed by atoms with Crippen molar-refractivity contribution in [3.63, 3.8) is 0 Å². The maximum Gasteiger partial charge on any atom is 0.136 e. The fourth-order valence-corrected chi connectivity index (χ4v) is 3.65. The second-order valence-electron chi connectivity index (χ2n) is 6.74. The molecule has 0 saturated carbocycles. The highest BCUT2D eigenvalue weighted by Crippen LogP contribution is 2.29. The maximum absolute atomic E-state index is 6.08. The third-order valence-corrected chi connectivity index (χ3v) is 4.96. The Bertz CT molecular complexity index is 941. The van der Waals surface area contributed by atoms with Crippen LogP contribution in [-0.2, 0) is 13.0 Å². The molecule has 1 aliphatic rings. The molecule has 1 atom stereocenters. The number of fused-ring (bicyclic) bond motifs is 1. The van der Waals surface area contributed by atoms with Crippen molar-refractivity contribution >= 4 is 28.9 Å².